The maximum absolute atomic E-state index is 14.3. The minimum absolute atomic E-state index is 0.0794. The van der Waals surface area contributed by atoms with E-state index in [0.29, 0.717) is 32.4 Å². The summed E-state index contributed by atoms with van der Waals surface area (Å²) in [6.07, 6.45) is 6.65. The number of carbonyl (C=O) groups is 5. The molecule has 280 valence electrons. The Bertz CT molecular complexity index is 1840. The number of allylic oxidation sites excluding steroid dienone is 1. The van der Waals surface area contributed by atoms with Crippen LogP contribution in [0.3, 0.4) is 0 Å². The second kappa shape index (κ2) is 13.2. The van der Waals surface area contributed by atoms with E-state index in [2.05, 4.69) is 34.1 Å². The van der Waals surface area contributed by atoms with Gasteiger partial charge in [0, 0.05) is 24.8 Å². The first-order valence-corrected chi connectivity index (χ1v) is 19.7. The molecule has 3 N–H and O–H groups in total. The standard InChI is InChI=1S/C37H47N5O9S/c1-5-24-17-37(24,33(45)40-52(48,49)27-13-14-27)39-31(43)29-15-26-19-42(29)32(44)30(21(2)3)38-34(46)51-36(4)16-25(36)12-7-6-9-22-10-8-11-23-18-41(20-28(22)23)35(47)50-26/h5-6,8-11,21,24-27,29-30H,1,7,12-20H2,2-4H3,(H,38,46)(H,39,43)(H,40,45)/b9-6-/t24-,25?,26?,29?,30?,36?,37-/m1/s1. The zero-order valence-electron chi connectivity index (χ0n) is 29.8. The molecule has 5 unspecified atom stereocenters. The molecule has 3 aliphatic carbocycles. The van der Waals surface area contributed by atoms with E-state index < -0.39 is 86.3 Å². The van der Waals surface area contributed by atoms with Gasteiger partial charge >= 0.3 is 12.2 Å². The quantitative estimate of drug-likeness (QED) is 0.355. The van der Waals surface area contributed by atoms with Crippen LogP contribution in [0.25, 0.3) is 6.08 Å². The van der Waals surface area contributed by atoms with E-state index in [4.69, 9.17) is 9.47 Å². The number of benzene rings is 1. The van der Waals surface area contributed by atoms with Gasteiger partial charge < -0.3 is 25.0 Å². The van der Waals surface area contributed by atoms with Crippen LogP contribution < -0.4 is 15.4 Å². The summed E-state index contributed by atoms with van der Waals surface area (Å²) in [5.41, 5.74) is 0.797. The molecule has 1 saturated heterocycles. The van der Waals surface area contributed by atoms with Crippen molar-refractivity contribution in [3.05, 3.63) is 53.6 Å². The van der Waals surface area contributed by atoms with E-state index in [9.17, 15) is 32.4 Å². The molecule has 15 heteroatoms. The lowest BCUT2D eigenvalue weighted by Crippen LogP contribution is -2.59. The number of nitrogens with one attached hydrogen (secondary N) is 3. The summed E-state index contributed by atoms with van der Waals surface area (Å²) in [5, 5.41) is 4.82. The third kappa shape index (κ3) is 6.91. The summed E-state index contributed by atoms with van der Waals surface area (Å²) in [5.74, 6) is -2.94. The number of carbonyl (C=O) groups excluding carboxylic acids is 5. The van der Waals surface area contributed by atoms with Crippen LogP contribution in [0, 0.1) is 17.8 Å². The van der Waals surface area contributed by atoms with Crippen LogP contribution in [-0.2, 0) is 47.0 Å². The number of amides is 5. The van der Waals surface area contributed by atoms with Gasteiger partial charge in [-0.05, 0) is 68.1 Å². The van der Waals surface area contributed by atoms with Crippen LogP contribution in [0.5, 0.6) is 0 Å². The highest BCUT2D eigenvalue weighted by Crippen LogP contribution is 2.49. The Kier molecular flexibility index (Phi) is 9.15. The van der Waals surface area contributed by atoms with E-state index in [-0.39, 0.29) is 25.3 Å². The Morgan fingerprint density at radius 1 is 1.12 bits per heavy atom. The van der Waals surface area contributed by atoms with Crippen LogP contribution >= 0.6 is 0 Å². The minimum atomic E-state index is -3.91. The molecular formula is C37H47N5O9S. The fourth-order valence-electron chi connectivity index (χ4n) is 7.88. The maximum atomic E-state index is 14.3. The Balaban J connectivity index is 1.15. The average molecular weight is 738 g/mol. The van der Waals surface area contributed by atoms with Crippen LogP contribution in [0.15, 0.2) is 36.9 Å². The summed E-state index contributed by atoms with van der Waals surface area (Å²) in [7, 11) is -3.91. The SMILES string of the molecule is C=C[C@@H]1C[C@]1(NC(=O)C1CC2CN1C(=O)C(C(C)C)NC(=O)OC1(C)CC1CC/C=C\c1cccc3c1CN(C3)C(=O)O2)C(=O)NS(=O)(=O)C1CC1. The smallest absolute Gasteiger partial charge is 0.410 e. The van der Waals surface area contributed by atoms with Crippen molar-refractivity contribution in [2.45, 2.75) is 113 Å². The lowest BCUT2D eigenvalue weighted by atomic mass is 10.0. The van der Waals surface area contributed by atoms with Crippen LogP contribution in [-0.4, -0.2) is 89.2 Å². The zero-order valence-corrected chi connectivity index (χ0v) is 30.6. The van der Waals surface area contributed by atoms with E-state index in [0.717, 1.165) is 29.5 Å². The van der Waals surface area contributed by atoms with Crippen LogP contribution in [0.1, 0.15) is 82.4 Å². The molecule has 4 bridgehead atoms. The molecule has 3 saturated carbocycles. The topological polar surface area (TPSA) is 181 Å². The average Bonchev–Trinajstić information content (AvgIpc) is 4.04. The Morgan fingerprint density at radius 3 is 2.58 bits per heavy atom. The highest BCUT2D eigenvalue weighted by molar-refractivity contribution is 7.91. The molecule has 52 heavy (non-hydrogen) atoms. The van der Waals surface area contributed by atoms with Crippen molar-refractivity contribution in [2.75, 3.05) is 6.54 Å². The normalized spacial score (nSPS) is 33.6. The van der Waals surface area contributed by atoms with Gasteiger partial charge in [0.15, 0.2) is 0 Å². The first-order valence-electron chi connectivity index (χ1n) is 18.2. The molecule has 0 spiro atoms. The monoisotopic (exact) mass is 737 g/mol. The molecule has 4 fully saturated rings. The maximum Gasteiger partial charge on any atom is 0.410 e. The van der Waals surface area contributed by atoms with Gasteiger partial charge in [-0.1, -0.05) is 50.3 Å². The minimum Gasteiger partial charge on any atom is -0.444 e. The number of alkyl carbamates (subject to hydrolysis) is 1. The van der Waals surface area contributed by atoms with Gasteiger partial charge in [-0.3, -0.25) is 24.0 Å². The van der Waals surface area contributed by atoms with Crippen molar-refractivity contribution in [2.24, 2.45) is 17.8 Å². The predicted octanol–water partition coefficient (Wildman–Crippen LogP) is 3.11. The molecule has 5 amide bonds. The molecular weight excluding hydrogens is 691 g/mol. The molecule has 7 atom stereocenters. The zero-order chi connectivity index (χ0) is 37.2. The third-order valence-electron chi connectivity index (χ3n) is 11.5. The summed E-state index contributed by atoms with van der Waals surface area (Å²) < 4.78 is 39.2. The van der Waals surface area contributed by atoms with Crippen LogP contribution in [0.2, 0.25) is 0 Å². The first kappa shape index (κ1) is 36.0. The molecule has 1 aromatic rings. The molecule has 7 rings (SSSR count). The number of sulfonamides is 1. The largest absolute Gasteiger partial charge is 0.444 e. The number of hydrogen-bond acceptors (Lipinski definition) is 9. The van der Waals surface area contributed by atoms with Crippen molar-refractivity contribution < 1.29 is 41.9 Å². The molecule has 3 heterocycles. The van der Waals surface area contributed by atoms with Crippen LogP contribution in [0.4, 0.5) is 9.59 Å². The van der Waals surface area contributed by atoms with Gasteiger partial charge in [-0.15, -0.1) is 6.58 Å². The van der Waals surface area contributed by atoms with E-state index >= 15 is 0 Å². The van der Waals surface area contributed by atoms with E-state index in [1.165, 1.54) is 11.0 Å². The third-order valence-corrected chi connectivity index (χ3v) is 13.3. The van der Waals surface area contributed by atoms with Gasteiger partial charge in [0.25, 0.3) is 5.91 Å². The Hall–Kier alpha value is -4.40. The molecule has 1 aromatic carbocycles. The fraction of sp³-hybridized carbons (Fsp3) is 0.595. The molecule has 6 aliphatic rings. The number of ether oxygens (including phenoxy) is 2. The number of nitrogens with zero attached hydrogens (tertiary/aromatic N) is 2. The first-order chi connectivity index (χ1) is 24.6. The Labute approximate surface area is 303 Å². The summed E-state index contributed by atoms with van der Waals surface area (Å²) >= 11 is 0. The van der Waals surface area contributed by atoms with E-state index in [1.807, 2.05) is 25.1 Å². The number of rotatable bonds is 7. The second-order valence-electron chi connectivity index (χ2n) is 15.7. The molecule has 0 aromatic heterocycles. The van der Waals surface area contributed by atoms with Gasteiger partial charge in [-0.2, -0.15) is 0 Å². The molecule has 14 nitrogen and oxygen atoms in total. The highest BCUT2D eigenvalue weighted by atomic mass is 32.2. The van der Waals surface area contributed by atoms with Gasteiger partial charge in [0.2, 0.25) is 21.8 Å². The Morgan fingerprint density at radius 2 is 1.88 bits per heavy atom. The van der Waals surface area contributed by atoms with Crippen molar-refractivity contribution >= 4 is 46.0 Å². The van der Waals surface area contributed by atoms with Gasteiger partial charge in [-0.25, -0.2) is 18.0 Å². The highest BCUT2D eigenvalue weighted by Gasteiger charge is 2.62. The number of fused-ring (bicyclic) bond motifs is 4. The van der Waals surface area contributed by atoms with E-state index in [1.54, 1.807) is 18.7 Å². The summed E-state index contributed by atoms with van der Waals surface area (Å²) in [4.78, 5) is 71.6. The number of hydrogen-bond donors (Lipinski definition) is 3. The van der Waals surface area contributed by atoms with Gasteiger partial charge in [0.05, 0.1) is 18.3 Å². The van der Waals surface area contributed by atoms with Crippen molar-refractivity contribution in [1.82, 2.24) is 25.2 Å². The lowest BCUT2D eigenvalue weighted by Gasteiger charge is -2.31. The fourth-order valence-corrected chi connectivity index (χ4v) is 9.24. The summed E-state index contributed by atoms with van der Waals surface area (Å²) in [6.45, 7) is 9.70. The molecule has 0 radical (unpaired) electrons. The second-order valence-corrected chi connectivity index (χ2v) is 17.7. The van der Waals surface area contributed by atoms with Crippen molar-refractivity contribution in [3.8, 4) is 0 Å². The van der Waals surface area contributed by atoms with Crippen molar-refractivity contribution in [3.63, 3.8) is 0 Å². The van der Waals surface area contributed by atoms with Crippen molar-refractivity contribution in [1.29, 1.82) is 0 Å². The summed E-state index contributed by atoms with van der Waals surface area (Å²) in [6, 6.07) is 3.65. The lowest BCUT2D eigenvalue weighted by molar-refractivity contribution is -0.141. The predicted molar refractivity (Wildman–Crippen MR) is 188 cm³/mol. The molecule has 3 aliphatic heterocycles. The van der Waals surface area contributed by atoms with Gasteiger partial charge in [0.1, 0.15) is 29.3 Å².